The molecule has 2 aromatic rings. The molecule has 0 unspecified atom stereocenters. The molecule has 13 heavy (non-hydrogen) atoms. The van der Waals surface area contributed by atoms with E-state index in [2.05, 4.69) is 9.97 Å². The molecule has 1 aromatic carbocycles. The number of H-pyrrole nitrogens is 1. The molecule has 0 amide bonds. The van der Waals surface area contributed by atoms with Crippen LogP contribution in [-0.2, 0) is 0 Å². The minimum atomic E-state index is -0.200. The van der Waals surface area contributed by atoms with Crippen LogP contribution in [0.1, 0.15) is 5.56 Å². The Balaban J connectivity index is 2.89. The van der Waals surface area contributed by atoms with Crippen LogP contribution in [0.3, 0.4) is 0 Å². The molecule has 2 rings (SSSR count). The molecule has 66 valence electrons. The van der Waals surface area contributed by atoms with E-state index in [9.17, 15) is 4.79 Å². The van der Waals surface area contributed by atoms with Gasteiger partial charge in [0.2, 0.25) is 0 Å². The van der Waals surface area contributed by atoms with Crippen molar-refractivity contribution in [2.24, 2.45) is 0 Å². The van der Waals surface area contributed by atoms with Gasteiger partial charge in [-0.3, -0.25) is 4.79 Å². The molecule has 0 aliphatic heterocycles. The molecule has 0 bridgehead atoms. The Kier molecular flexibility index (Phi) is 1.81. The van der Waals surface area contributed by atoms with Crippen LogP contribution in [0.15, 0.2) is 23.1 Å². The Morgan fingerprint density at radius 2 is 2.23 bits per heavy atom. The Hall–Kier alpha value is -1.35. The standard InChI is InChI=1S/C9H7ClN2O/c1-5-2-8-7(3-6(5)10)11-4-9(13)12-8/h2-4H,1H3,(H,12,13). The summed E-state index contributed by atoms with van der Waals surface area (Å²) in [6, 6.07) is 3.55. The number of halogens is 1. The quantitative estimate of drug-likeness (QED) is 0.696. The highest BCUT2D eigenvalue weighted by Gasteiger charge is 2.00. The fraction of sp³-hybridized carbons (Fsp3) is 0.111. The van der Waals surface area contributed by atoms with Crippen LogP contribution in [0.2, 0.25) is 5.02 Å². The zero-order valence-electron chi connectivity index (χ0n) is 6.97. The molecule has 0 aliphatic carbocycles. The Morgan fingerprint density at radius 3 is 3.00 bits per heavy atom. The van der Waals surface area contributed by atoms with Crippen LogP contribution < -0.4 is 5.56 Å². The number of aromatic nitrogens is 2. The van der Waals surface area contributed by atoms with Crippen LogP contribution in [-0.4, -0.2) is 9.97 Å². The van der Waals surface area contributed by atoms with Gasteiger partial charge in [0.25, 0.3) is 5.56 Å². The third kappa shape index (κ3) is 1.42. The Morgan fingerprint density at radius 1 is 1.46 bits per heavy atom. The van der Waals surface area contributed by atoms with Crippen molar-refractivity contribution < 1.29 is 0 Å². The molecule has 1 N–H and O–H groups in total. The predicted octanol–water partition coefficient (Wildman–Crippen LogP) is 1.88. The summed E-state index contributed by atoms with van der Waals surface area (Å²) in [4.78, 5) is 17.6. The summed E-state index contributed by atoms with van der Waals surface area (Å²) in [6.45, 7) is 1.88. The number of hydrogen-bond donors (Lipinski definition) is 1. The first-order valence-corrected chi connectivity index (χ1v) is 4.20. The van der Waals surface area contributed by atoms with E-state index in [-0.39, 0.29) is 5.56 Å². The summed E-state index contributed by atoms with van der Waals surface area (Å²) in [5, 5.41) is 0.659. The average molecular weight is 195 g/mol. The maximum absolute atomic E-state index is 10.9. The first-order valence-electron chi connectivity index (χ1n) is 3.82. The number of aromatic amines is 1. The van der Waals surface area contributed by atoms with Crippen molar-refractivity contribution in [2.75, 3.05) is 0 Å². The molecule has 0 fully saturated rings. The van der Waals surface area contributed by atoms with E-state index < -0.39 is 0 Å². The van der Waals surface area contributed by atoms with Crippen LogP contribution in [0, 0.1) is 6.92 Å². The van der Waals surface area contributed by atoms with E-state index in [1.807, 2.05) is 13.0 Å². The van der Waals surface area contributed by atoms with Gasteiger partial charge in [-0.15, -0.1) is 0 Å². The Labute approximate surface area is 79.4 Å². The molecule has 0 spiro atoms. The van der Waals surface area contributed by atoms with Crippen LogP contribution >= 0.6 is 11.6 Å². The minimum Gasteiger partial charge on any atom is -0.319 e. The number of rotatable bonds is 0. The van der Waals surface area contributed by atoms with Crippen molar-refractivity contribution in [3.8, 4) is 0 Å². The molecule has 3 nitrogen and oxygen atoms in total. The van der Waals surface area contributed by atoms with Crippen molar-refractivity contribution in [3.63, 3.8) is 0 Å². The topological polar surface area (TPSA) is 45.8 Å². The SMILES string of the molecule is Cc1cc2[nH]c(=O)cnc2cc1Cl. The number of aryl methyl sites for hydroxylation is 1. The van der Waals surface area contributed by atoms with Crippen molar-refractivity contribution in [1.29, 1.82) is 0 Å². The predicted molar refractivity (Wildman–Crippen MR) is 52.1 cm³/mol. The number of nitrogens with one attached hydrogen (secondary N) is 1. The summed E-state index contributed by atoms with van der Waals surface area (Å²) < 4.78 is 0. The summed E-state index contributed by atoms with van der Waals surface area (Å²) >= 11 is 5.90. The molecule has 0 saturated carbocycles. The van der Waals surface area contributed by atoms with Gasteiger partial charge in [0, 0.05) is 5.02 Å². The van der Waals surface area contributed by atoms with Gasteiger partial charge in [-0.05, 0) is 24.6 Å². The lowest BCUT2D eigenvalue weighted by Gasteiger charge is -1.99. The third-order valence-electron chi connectivity index (χ3n) is 1.86. The highest BCUT2D eigenvalue weighted by atomic mass is 35.5. The highest BCUT2D eigenvalue weighted by Crippen LogP contribution is 2.19. The van der Waals surface area contributed by atoms with Gasteiger partial charge in [0.1, 0.15) is 0 Å². The molecule has 0 saturated heterocycles. The number of benzene rings is 1. The van der Waals surface area contributed by atoms with Gasteiger partial charge in [-0.2, -0.15) is 0 Å². The van der Waals surface area contributed by atoms with Crippen molar-refractivity contribution in [1.82, 2.24) is 9.97 Å². The zero-order valence-corrected chi connectivity index (χ0v) is 7.72. The lowest BCUT2D eigenvalue weighted by molar-refractivity contribution is 1.21. The molecule has 1 heterocycles. The summed E-state index contributed by atoms with van der Waals surface area (Å²) in [7, 11) is 0. The number of nitrogens with zero attached hydrogens (tertiary/aromatic N) is 1. The van der Waals surface area contributed by atoms with Gasteiger partial charge < -0.3 is 4.98 Å². The molecule has 0 radical (unpaired) electrons. The second-order valence-corrected chi connectivity index (χ2v) is 3.27. The van der Waals surface area contributed by atoms with Gasteiger partial charge in [-0.1, -0.05) is 11.6 Å². The summed E-state index contributed by atoms with van der Waals surface area (Å²) in [6.07, 6.45) is 1.24. The van der Waals surface area contributed by atoms with Crippen LogP contribution in [0.4, 0.5) is 0 Å². The van der Waals surface area contributed by atoms with E-state index in [0.717, 1.165) is 11.1 Å². The van der Waals surface area contributed by atoms with Gasteiger partial charge in [0.05, 0.1) is 17.2 Å². The molecule has 4 heteroatoms. The maximum Gasteiger partial charge on any atom is 0.266 e. The van der Waals surface area contributed by atoms with Crippen molar-refractivity contribution >= 4 is 22.6 Å². The molecule has 1 aromatic heterocycles. The number of hydrogen-bond acceptors (Lipinski definition) is 2. The molecular formula is C9H7ClN2O. The second kappa shape index (κ2) is 2.85. The maximum atomic E-state index is 10.9. The van der Waals surface area contributed by atoms with E-state index in [1.54, 1.807) is 6.07 Å². The number of fused-ring (bicyclic) bond motifs is 1. The largest absolute Gasteiger partial charge is 0.319 e. The minimum absolute atomic E-state index is 0.200. The second-order valence-electron chi connectivity index (χ2n) is 2.87. The lowest BCUT2D eigenvalue weighted by Crippen LogP contribution is -2.04. The smallest absolute Gasteiger partial charge is 0.266 e. The van der Waals surface area contributed by atoms with Gasteiger partial charge >= 0.3 is 0 Å². The monoisotopic (exact) mass is 194 g/mol. The van der Waals surface area contributed by atoms with Gasteiger partial charge in [-0.25, -0.2) is 4.98 Å². The van der Waals surface area contributed by atoms with E-state index in [1.165, 1.54) is 6.20 Å². The van der Waals surface area contributed by atoms with Gasteiger partial charge in [0.15, 0.2) is 0 Å². The van der Waals surface area contributed by atoms with Crippen molar-refractivity contribution in [3.05, 3.63) is 39.3 Å². The lowest BCUT2D eigenvalue weighted by atomic mass is 10.2. The summed E-state index contributed by atoms with van der Waals surface area (Å²) in [5.74, 6) is 0. The molecular weight excluding hydrogens is 188 g/mol. The fourth-order valence-electron chi connectivity index (χ4n) is 1.17. The highest BCUT2D eigenvalue weighted by molar-refractivity contribution is 6.32. The van der Waals surface area contributed by atoms with E-state index >= 15 is 0 Å². The third-order valence-corrected chi connectivity index (χ3v) is 2.26. The first kappa shape index (κ1) is 8.26. The molecule has 0 atom stereocenters. The van der Waals surface area contributed by atoms with E-state index in [4.69, 9.17) is 11.6 Å². The summed E-state index contributed by atoms with van der Waals surface area (Å²) in [5.41, 5.74) is 2.15. The Bertz CT molecular complexity index is 518. The fourth-order valence-corrected chi connectivity index (χ4v) is 1.33. The first-order chi connectivity index (χ1) is 6.16. The zero-order chi connectivity index (χ0) is 9.42. The average Bonchev–Trinajstić information content (AvgIpc) is 2.08. The van der Waals surface area contributed by atoms with Crippen LogP contribution in [0.25, 0.3) is 11.0 Å². The molecule has 0 aliphatic rings. The normalized spacial score (nSPS) is 10.6. The van der Waals surface area contributed by atoms with E-state index in [0.29, 0.717) is 10.5 Å². The van der Waals surface area contributed by atoms with Crippen LogP contribution in [0.5, 0.6) is 0 Å². The van der Waals surface area contributed by atoms with Crippen molar-refractivity contribution in [2.45, 2.75) is 6.92 Å².